The molecule has 1 aliphatic carbocycles. The standard InChI is InChI=1S/C21H42N2O2/c1-20(2,3)24-13-12-23-10-8-17(9-11-23)16-22(7)18-14-19(15-18)25-21(4,5)6/h17-19H,8-16H2,1-7H3. The first-order valence-electron chi connectivity index (χ1n) is 10.3. The van der Waals surface area contributed by atoms with Crippen LogP contribution in [-0.2, 0) is 9.47 Å². The maximum Gasteiger partial charge on any atom is 0.0612 e. The van der Waals surface area contributed by atoms with Crippen LogP contribution >= 0.6 is 0 Å². The van der Waals surface area contributed by atoms with Crippen molar-refractivity contribution in [3.63, 3.8) is 0 Å². The zero-order valence-electron chi connectivity index (χ0n) is 17.8. The van der Waals surface area contributed by atoms with Gasteiger partial charge in [-0.2, -0.15) is 0 Å². The van der Waals surface area contributed by atoms with Gasteiger partial charge in [-0.15, -0.1) is 0 Å². The number of hydrogen-bond donors (Lipinski definition) is 0. The normalized spacial score (nSPS) is 26.9. The molecule has 2 rings (SSSR count). The summed E-state index contributed by atoms with van der Waals surface area (Å²) in [7, 11) is 2.31. The van der Waals surface area contributed by atoms with E-state index >= 15 is 0 Å². The van der Waals surface area contributed by atoms with Crippen LogP contribution in [0.5, 0.6) is 0 Å². The van der Waals surface area contributed by atoms with Gasteiger partial charge in [0.1, 0.15) is 0 Å². The smallest absolute Gasteiger partial charge is 0.0612 e. The van der Waals surface area contributed by atoms with Gasteiger partial charge in [-0.3, -0.25) is 0 Å². The van der Waals surface area contributed by atoms with Crippen molar-refractivity contribution in [3.8, 4) is 0 Å². The van der Waals surface area contributed by atoms with Gasteiger partial charge >= 0.3 is 0 Å². The number of rotatable bonds is 7. The van der Waals surface area contributed by atoms with E-state index in [0.29, 0.717) is 6.10 Å². The third-order valence-corrected chi connectivity index (χ3v) is 5.41. The Balaban J connectivity index is 1.58. The number of ether oxygens (including phenoxy) is 2. The summed E-state index contributed by atoms with van der Waals surface area (Å²) in [6, 6.07) is 0.727. The molecule has 1 saturated carbocycles. The van der Waals surface area contributed by atoms with Gasteiger partial charge in [-0.05, 0) is 93.3 Å². The zero-order chi connectivity index (χ0) is 18.7. The van der Waals surface area contributed by atoms with E-state index < -0.39 is 0 Å². The topological polar surface area (TPSA) is 24.9 Å². The van der Waals surface area contributed by atoms with Gasteiger partial charge in [0, 0.05) is 19.1 Å². The second kappa shape index (κ2) is 8.69. The molecule has 4 heteroatoms. The molecule has 0 amide bonds. The summed E-state index contributed by atoms with van der Waals surface area (Å²) in [5, 5.41) is 0. The Morgan fingerprint density at radius 3 is 2.08 bits per heavy atom. The van der Waals surface area contributed by atoms with Crippen LogP contribution in [0.25, 0.3) is 0 Å². The highest BCUT2D eigenvalue weighted by atomic mass is 16.5. The van der Waals surface area contributed by atoms with E-state index in [2.05, 4.69) is 58.4 Å². The van der Waals surface area contributed by atoms with Crippen LogP contribution < -0.4 is 0 Å². The first-order valence-corrected chi connectivity index (χ1v) is 10.3. The lowest BCUT2D eigenvalue weighted by atomic mass is 9.86. The summed E-state index contributed by atoms with van der Waals surface area (Å²) < 4.78 is 11.9. The van der Waals surface area contributed by atoms with Gasteiger partial charge < -0.3 is 19.3 Å². The molecule has 0 radical (unpaired) electrons. The molecule has 25 heavy (non-hydrogen) atoms. The molecular weight excluding hydrogens is 312 g/mol. The number of nitrogens with zero attached hydrogens (tertiary/aromatic N) is 2. The predicted molar refractivity (Wildman–Crippen MR) is 105 cm³/mol. The summed E-state index contributed by atoms with van der Waals surface area (Å²) in [4.78, 5) is 5.16. The van der Waals surface area contributed by atoms with Crippen molar-refractivity contribution >= 4 is 0 Å². The minimum absolute atomic E-state index is 0.00224. The molecule has 0 unspecified atom stereocenters. The fourth-order valence-corrected chi connectivity index (χ4v) is 3.92. The van der Waals surface area contributed by atoms with Crippen LogP contribution in [0.15, 0.2) is 0 Å². The fraction of sp³-hybridized carbons (Fsp3) is 1.00. The molecule has 0 atom stereocenters. The van der Waals surface area contributed by atoms with E-state index in [0.717, 1.165) is 25.1 Å². The molecule has 0 aromatic heterocycles. The van der Waals surface area contributed by atoms with Crippen molar-refractivity contribution in [1.82, 2.24) is 9.80 Å². The zero-order valence-corrected chi connectivity index (χ0v) is 17.8. The van der Waals surface area contributed by atoms with Gasteiger partial charge in [-0.25, -0.2) is 0 Å². The van der Waals surface area contributed by atoms with Crippen LogP contribution in [0.1, 0.15) is 67.2 Å². The summed E-state index contributed by atoms with van der Waals surface area (Å²) in [6.45, 7) is 18.5. The molecule has 1 aliphatic heterocycles. The third kappa shape index (κ3) is 7.94. The van der Waals surface area contributed by atoms with Crippen molar-refractivity contribution < 1.29 is 9.47 Å². The summed E-state index contributed by atoms with van der Waals surface area (Å²) in [5.74, 6) is 0.854. The van der Waals surface area contributed by atoms with Gasteiger partial charge in [0.2, 0.25) is 0 Å². The van der Waals surface area contributed by atoms with E-state index in [1.165, 1.54) is 45.3 Å². The first-order chi connectivity index (χ1) is 11.5. The predicted octanol–water partition coefficient (Wildman–Crippen LogP) is 3.79. The lowest BCUT2D eigenvalue weighted by Gasteiger charge is -2.45. The monoisotopic (exact) mass is 354 g/mol. The molecule has 2 aliphatic rings. The van der Waals surface area contributed by atoms with E-state index in [9.17, 15) is 0 Å². The van der Waals surface area contributed by atoms with Crippen molar-refractivity contribution in [2.75, 3.05) is 39.8 Å². The molecule has 0 spiro atoms. The molecule has 4 nitrogen and oxygen atoms in total. The SMILES string of the molecule is CN(CC1CCN(CCOC(C)(C)C)CC1)C1CC(OC(C)(C)C)C1. The summed E-state index contributed by atoms with van der Waals surface area (Å²) in [6.07, 6.45) is 5.54. The van der Waals surface area contributed by atoms with Gasteiger partial charge in [0.25, 0.3) is 0 Å². The van der Waals surface area contributed by atoms with Gasteiger partial charge in [-0.1, -0.05) is 0 Å². The van der Waals surface area contributed by atoms with E-state index in [-0.39, 0.29) is 11.2 Å². The number of piperidine rings is 1. The molecule has 1 saturated heterocycles. The van der Waals surface area contributed by atoms with Crippen LogP contribution in [0, 0.1) is 5.92 Å². The Morgan fingerprint density at radius 2 is 1.56 bits per heavy atom. The third-order valence-electron chi connectivity index (χ3n) is 5.41. The highest BCUT2D eigenvalue weighted by Crippen LogP contribution is 2.32. The van der Waals surface area contributed by atoms with Crippen molar-refractivity contribution in [2.24, 2.45) is 5.92 Å². The van der Waals surface area contributed by atoms with Gasteiger partial charge in [0.15, 0.2) is 0 Å². The molecule has 0 N–H and O–H groups in total. The first kappa shape index (κ1) is 21.1. The van der Waals surface area contributed by atoms with E-state index in [1.807, 2.05) is 0 Å². The fourth-order valence-electron chi connectivity index (χ4n) is 3.92. The van der Waals surface area contributed by atoms with Crippen molar-refractivity contribution in [1.29, 1.82) is 0 Å². The van der Waals surface area contributed by atoms with Crippen molar-refractivity contribution in [2.45, 2.75) is 90.6 Å². The Morgan fingerprint density at radius 1 is 0.960 bits per heavy atom. The maximum absolute atomic E-state index is 6.07. The minimum atomic E-state index is -0.0155. The largest absolute Gasteiger partial charge is 0.375 e. The second-order valence-corrected chi connectivity index (χ2v) is 10.2. The quantitative estimate of drug-likeness (QED) is 0.694. The average Bonchev–Trinajstić information content (AvgIpc) is 2.42. The molecule has 0 aromatic rings. The molecule has 1 heterocycles. The molecular formula is C21H42N2O2. The Kier molecular flexibility index (Phi) is 7.35. The number of likely N-dealkylation sites (tertiary alicyclic amines) is 1. The Bertz CT molecular complexity index is 386. The lowest BCUT2D eigenvalue weighted by molar-refractivity contribution is -0.119. The van der Waals surface area contributed by atoms with Gasteiger partial charge in [0.05, 0.1) is 23.9 Å². The summed E-state index contributed by atoms with van der Waals surface area (Å²) in [5.41, 5.74) is -0.0177. The van der Waals surface area contributed by atoms with E-state index in [1.54, 1.807) is 0 Å². The van der Waals surface area contributed by atoms with Crippen LogP contribution in [0.4, 0.5) is 0 Å². The molecule has 2 fully saturated rings. The minimum Gasteiger partial charge on any atom is -0.375 e. The van der Waals surface area contributed by atoms with Crippen LogP contribution in [0.3, 0.4) is 0 Å². The van der Waals surface area contributed by atoms with Crippen molar-refractivity contribution in [3.05, 3.63) is 0 Å². The maximum atomic E-state index is 6.07. The van der Waals surface area contributed by atoms with Crippen LogP contribution in [-0.4, -0.2) is 73.0 Å². The lowest BCUT2D eigenvalue weighted by Crippen LogP contribution is -2.50. The molecule has 148 valence electrons. The molecule has 0 bridgehead atoms. The average molecular weight is 355 g/mol. The second-order valence-electron chi connectivity index (χ2n) is 10.2. The molecule has 0 aromatic carbocycles. The highest BCUT2D eigenvalue weighted by molar-refractivity contribution is 4.89. The summed E-state index contributed by atoms with van der Waals surface area (Å²) >= 11 is 0. The highest BCUT2D eigenvalue weighted by Gasteiger charge is 2.36. The number of hydrogen-bond acceptors (Lipinski definition) is 4. The Hall–Kier alpha value is -0.160. The van der Waals surface area contributed by atoms with E-state index in [4.69, 9.17) is 9.47 Å². The Labute approximate surface area is 156 Å². The van der Waals surface area contributed by atoms with Crippen LogP contribution in [0.2, 0.25) is 0 Å².